The Labute approximate surface area is 106 Å². The molecule has 0 amide bonds. The first-order valence-electron chi connectivity index (χ1n) is 5.49. The Morgan fingerprint density at radius 1 is 1.59 bits per heavy atom. The normalized spacial score (nSPS) is 16.4. The van der Waals surface area contributed by atoms with Crippen LogP contribution in [0.5, 0.6) is 0 Å². The van der Waals surface area contributed by atoms with Crippen molar-refractivity contribution in [3.63, 3.8) is 0 Å². The van der Waals surface area contributed by atoms with Crippen LogP contribution in [0.25, 0.3) is 0 Å². The molecule has 1 aliphatic rings. The monoisotopic (exact) mass is 254 g/mol. The predicted octanol–water partition coefficient (Wildman–Crippen LogP) is 2.12. The molecule has 0 bridgehead atoms. The first-order chi connectivity index (χ1) is 8.07. The van der Waals surface area contributed by atoms with E-state index in [1.807, 2.05) is 24.1 Å². The molecule has 1 aliphatic carbocycles. The van der Waals surface area contributed by atoms with Gasteiger partial charge in [0.15, 0.2) is 0 Å². The molecular formula is C12H15ClN2O2. The standard InChI is InChI=1S/C12H15ClN2O2/c1-15(10-5-3-4-9(13)14-10)8-12(6-7-12)11(16)17-2/h3-5H,6-8H2,1-2H3. The van der Waals surface area contributed by atoms with Gasteiger partial charge in [0.25, 0.3) is 0 Å². The molecule has 0 N–H and O–H groups in total. The van der Waals surface area contributed by atoms with Crippen molar-refractivity contribution in [3.8, 4) is 0 Å². The van der Waals surface area contributed by atoms with Crippen LogP contribution < -0.4 is 4.90 Å². The zero-order valence-corrected chi connectivity index (χ0v) is 10.7. The van der Waals surface area contributed by atoms with Crippen LogP contribution in [0.2, 0.25) is 5.15 Å². The van der Waals surface area contributed by atoms with Gasteiger partial charge in [-0.2, -0.15) is 0 Å². The molecule has 1 aromatic heterocycles. The van der Waals surface area contributed by atoms with Gasteiger partial charge >= 0.3 is 5.97 Å². The van der Waals surface area contributed by atoms with Crippen LogP contribution in [-0.2, 0) is 9.53 Å². The summed E-state index contributed by atoms with van der Waals surface area (Å²) < 4.78 is 4.83. The van der Waals surface area contributed by atoms with Crippen LogP contribution in [0.3, 0.4) is 0 Å². The summed E-state index contributed by atoms with van der Waals surface area (Å²) in [6.07, 6.45) is 1.76. The maximum absolute atomic E-state index is 11.6. The van der Waals surface area contributed by atoms with E-state index in [2.05, 4.69) is 4.98 Å². The molecule has 0 unspecified atom stereocenters. The second-order valence-electron chi connectivity index (χ2n) is 4.45. The topological polar surface area (TPSA) is 42.4 Å². The number of aromatic nitrogens is 1. The Balaban J connectivity index is 2.07. The number of hydrogen-bond donors (Lipinski definition) is 0. The van der Waals surface area contributed by atoms with E-state index < -0.39 is 0 Å². The highest BCUT2D eigenvalue weighted by Crippen LogP contribution is 2.47. The first kappa shape index (κ1) is 12.2. The fourth-order valence-corrected chi connectivity index (χ4v) is 2.10. The van der Waals surface area contributed by atoms with Gasteiger partial charge in [-0.3, -0.25) is 4.79 Å². The SMILES string of the molecule is COC(=O)C1(CN(C)c2cccc(Cl)n2)CC1. The molecule has 0 aliphatic heterocycles. The summed E-state index contributed by atoms with van der Waals surface area (Å²) in [5.74, 6) is 0.638. The molecule has 0 atom stereocenters. The lowest BCUT2D eigenvalue weighted by atomic mass is 10.1. The molecule has 0 radical (unpaired) electrons. The van der Waals surface area contributed by atoms with Crippen molar-refractivity contribution in [3.05, 3.63) is 23.4 Å². The molecule has 1 saturated carbocycles. The molecule has 0 saturated heterocycles. The minimum absolute atomic E-state index is 0.133. The van der Waals surface area contributed by atoms with E-state index in [9.17, 15) is 4.79 Å². The van der Waals surface area contributed by atoms with Crippen LogP contribution in [-0.4, -0.2) is 31.7 Å². The van der Waals surface area contributed by atoms with E-state index in [4.69, 9.17) is 16.3 Å². The molecule has 92 valence electrons. The fraction of sp³-hybridized carbons (Fsp3) is 0.500. The van der Waals surface area contributed by atoms with Crippen molar-refractivity contribution in [1.29, 1.82) is 0 Å². The lowest BCUT2D eigenvalue weighted by Gasteiger charge is -2.23. The van der Waals surface area contributed by atoms with Crippen LogP contribution in [0.4, 0.5) is 5.82 Å². The van der Waals surface area contributed by atoms with Crippen molar-refractivity contribution in [2.45, 2.75) is 12.8 Å². The summed E-state index contributed by atoms with van der Waals surface area (Å²) in [5.41, 5.74) is -0.340. The summed E-state index contributed by atoms with van der Waals surface area (Å²) in [7, 11) is 3.34. The number of rotatable bonds is 4. The molecule has 0 aromatic carbocycles. The average molecular weight is 255 g/mol. The summed E-state index contributed by atoms with van der Waals surface area (Å²) >= 11 is 5.84. The summed E-state index contributed by atoms with van der Waals surface area (Å²) in [4.78, 5) is 17.8. The van der Waals surface area contributed by atoms with Crippen molar-refractivity contribution < 1.29 is 9.53 Å². The molecule has 2 rings (SSSR count). The highest BCUT2D eigenvalue weighted by atomic mass is 35.5. The predicted molar refractivity (Wildman–Crippen MR) is 66.2 cm³/mol. The number of carbonyl (C=O) groups is 1. The third kappa shape index (κ3) is 2.52. The van der Waals surface area contributed by atoms with Gasteiger partial charge < -0.3 is 9.64 Å². The van der Waals surface area contributed by atoms with Gasteiger partial charge in [-0.25, -0.2) is 4.98 Å². The maximum atomic E-state index is 11.6. The number of methoxy groups -OCH3 is 1. The van der Waals surface area contributed by atoms with Crippen molar-refractivity contribution >= 4 is 23.4 Å². The second-order valence-corrected chi connectivity index (χ2v) is 4.83. The Kier molecular flexibility index (Phi) is 3.24. The molecule has 1 aromatic rings. The molecular weight excluding hydrogens is 240 g/mol. The quantitative estimate of drug-likeness (QED) is 0.610. The van der Waals surface area contributed by atoms with E-state index in [1.165, 1.54) is 7.11 Å². The Morgan fingerprint density at radius 2 is 2.29 bits per heavy atom. The maximum Gasteiger partial charge on any atom is 0.313 e. The van der Waals surface area contributed by atoms with Crippen LogP contribution in [0.15, 0.2) is 18.2 Å². The number of hydrogen-bond acceptors (Lipinski definition) is 4. The van der Waals surface area contributed by atoms with E-state index in [0.29, 0.717) is 11.7 Å². The van der Waals surface area contributed by atoms with Crippen molar-refractivity contribution in [1.82, 2.24) is 4.98 Å². The largest absolute Gasteiger partial charge is 0.469 e. The number of ether oxygens (including phenoxy) is 1. The molecule has 5 heteroatoms. The van der Waals surface area contributed by atoms with Crippen LogP contribution in [0.1, 0.15) is 12.8 Å². The lowest BCUT2D eigenvalue weighted by Crippen LogP contribution is -2.33. The summed E-state index contributed by atoms with van der Waals surface area (Å²) in [6.45, 7) is 0.618. The van der Waals surface area contributed by atoms with Gasteiger partial charge in [0.1, 0.15) is 11.0 Å². The zero-order valence-electron chi connectivity index (χ0n) is 9.94. The average Bonchev–Trinajstić information content (AvgIpc) is 3.09. The van der Waals surface area contributed by atoms with E-state index in [0.717, 1.165) is 18.7 Å². The lowest BCUT2D eigenvalue weighted by molar-refractivity contribution is -0.146. The smallest absolute Gasteiger partial charge is 0.313 e. The fourth-order valence-electron chi connectivity index (χ4n) is 1.94. The van der Waals surface area contributed by atoms with Crippen LogP contribution in [0, 0.1) is 5.41 Å². The molecule has 17 heavy (non-hydrogen) atoms. The van der Waals surface area contributed by atoms with Crippen molar-refractivity contribution in [2.24, 2.45) is 5.41 Å². The first-order valence-corrected chi connectivity index (χ1v) is 5.87. The van der Waals surface area contributed by atoms with Crippen LogP contribution >= 0.6 is 11.6 Å². The number of nitrogens with zero attached hydrogens (tertiary/aromatic N) is 2. The third-order valence-corrected chi connectivity index (χ3v) is 3.31. The minimum atomic E-state index is -0.340. The molecule has 1 heterocycles. The van der Waals surface area contributed by atoms with Gasteiger partial charge in [-0.1, -0.05) is 17.7 Å². The van der Waals surface area contributed by atoms with Crippen molar-refractivity contribution in [2.75, 3.05) is 25.6 Å². The zero-order chi connectivity index (χ0) is 12.5. The van der Waals surface area contributed by atoms with Gasteiger partial charge in [0, 0.05) is 13.6 Å². The minimum Gasteiger partial charge on any atom is -0.469 e. The van der Waals surface area contributed by atoms with Gasteiger partial charge in [0.05, 0.1) is 12.5 Å². The molecule has 4 nitrogen and oxygen atoms in total. The summed E-state index contributed by atoms with van der Waals surface area (Å²) in [6, 6.07) is 5.45. The number of anilines is 1. The van der Waals surface area contributed by atoms with Gasteiger partial charge in [0.2, 0.25) is 0 Å². The van der Waals surface area contributed by atoms with E-state index in [-0.39, 0.29) is 11.4 Å². The van der Waals surface area contributed by atoms with E-state index in [1.54, 1.807) is 6.07 Å². The number of carbonyl (C=O) groups excluding carboxylic acids is 1. The van der Waals surface area contributed by atoms with Gasteiger partial charge in [-0.05, 0) is 25.0 Å². The Morgan fingerprint density at radius 3 is 2.82 bits per heavy atom. The molecule has 1 fully saturated rings. The highest BCUT2D eigenvalue weighted by Gasteiger charge is 2.51. The number of pyridine rings is 1. The number of halogens is 1. The summed E-state index contributed by atoms with van der Waals surface area (Å²) in [5, 5.41) is 0.456. The van der Waals surface area contributed by atoms with Gasteiger partial charge in [-0.15, -0.1) is 0 Å². The molecule has 0 spiro atoms. The highest BCUT2D eigenvalue weighted by molar-refractivity contribution is 6.29. The Bertz CT molecular complexity index is 432. The second kappa shape index (κ2) is 4.53. The van der Waals surface area contributed by atoms with E-state index >= 15 is 0 Å². The number of esters is 1. The third-order valence-electron chi connectivity index (χ3n) is 3.10. The Hall–Kier alpha value is -1.29.